The molecule has 8 heteroatoms. The molecule has 0 spiro atoms. The minimum absolute atomic E-state index is 0.000296. The molecule has 2 aromatic rings. The van der Waals surface area contributed by atoms with Crippen LogP contribution in [0.2, 0.25) is 5.02 Å². The van der Waals surface area contributed by atoms with Crippen molar-refractivity contribution in [3.8, 4) is 5.75 Å². The summed E-state index contributed by atoms with van der Waals surface area (Å²) in [5.41, 5.74) is 1.32. The molecule has 0 saturated carbocycles. The Labute approximate surface area is 152 Å². The molecule has 0 radical (unpaired) electrons. The number of ether oxygens (including phenoxy) is 1. The number of nitrogens with one attached hydrogen (secondary N) is 1. The van der Waals surface area contributed by atoms with Gasteiger partial charge in [-0.1, -0.05) is 11.6 Å². The maximum Gasteiger partial charge on any atom is 0.255 e. The summed E-state index contributed by atoms with van der Waals surface area (Å²) in [6.07, 6.45) is 0. The molecular formula is C17H19ClN2O4S. The Kier molecular flexibility index (Phi) is 5.92. The SMILES string of the molecule is CCS(=O)(=O)N(C)c1ccc(C(=O)Nc2cc(Cl)ccc2OC)cc1. The number of nitrogens with zero attached hydrogens (tertiary/aromatic N) is 1. The fourth-order valence-corrected chi connectivity index (χ4v) is 3.15. The third kappa shape index (κ3) is 4.43. The molecule has 1 N–H and O–H groups in total. The minimum Gasteiger partial charge on any atom is -0.495 e. The van der Waals surface area contributed by atoms with E-state index < -0.39 is 10.0 Å². The number of sulfonamides is 1. The van der Waals surface area contributed by atoms with E-state index in [2.05, 4.69) is 5.32 Å². The van der Waals surface area contributed by atoms with Crippen molar-refractivity contribution >= 4 is 38.9 Å². The van der Waals surface area contributed by atoms with Crippen LogP contribution in [0.3, 0.4) is 0 Å². The van der Waals surface area contributed by atoms with Crippen LogP contribution in [0.5, 0.6) is 5.75 Å². The van der Waals surface area contributed by atoms with Gasteiger partial charge in [0.2, 0.25) is 10.0 Å². The number of carbonyl (C=O) groups is 1. The van der Waals surface area contributed by atoms with Gasteiger partial charge in [-0.05, 0) is 49.4 Å². The highest BCUT2D eigenvalue weighted by Gasteiger charge is 2.16. The fourth-order valence-electron chi connectivity index (χ4n) is 2.15. The van der Waals surface area contributed by atoms with Crippen molar-refractivity contribution in [2.45, 2.75) is 6.92 Å². The summed E-state index contributed by atoms with van der Waals surface area (Å²) in [4.78, 5) is 12.4. The largest absolute Gasteiger partial charge is 0.495 e. The topological polar surface area (TPSA) is 75.7 Å². The molecule has 2 rings (SSSR count). The molecule has 0 aromatic heterocycles. The summed E-state index contributed by atoms with van der Waals surface area (Å²) in [5.74, 6) is 0.136. The highest BCUT2D eigenvalue weighted by atomic mass is 35.5. The second-order valence-electron chi connectivity index (χ2n) is 5.21. The Morgan fingerprint density at radius 1 is 1.20 bits per heavy atom. The first-order valence-corrected chi connectivity index (χ1v) is 9.48. The number of carbonyl (C=O) groups excluding carboxylic acids is 1. The summed E-state index contributed by atoms with van der Waals surface area (Å²) in [6, 6.07) is 11.2. The van der Waals surface area contributed by atoms with E-state index in [9.17, 15) is 13.2 Å². The second-order valence-corrected chi connectivity index (χ2v) is 7.94. The average molecular weight is 383 g/mol. The van der Waals surface area contributed by atoms with Gasteiger partial charge < -0.3 is 10.1 Å². The minimum atomic E-state index is -3.35. The molecule has 0 fully saturated rings. The first-order valence-electron chi connectivity index (χ1n) is 7.50. The molecule has 0 unspecified atom stereocenters. The molecule has 6 nitrogen and oxygen atoms in total. The van der Waals surface area contributed by atoms with Crippen molar-refractivity contribution in [3.63, 3.8) is 0 Å². The van der Waals surface area contributed by atoms with Crippen molar-refractivity contribution in [1.29, 1.82) is 0 Å². The van der Waals surface area contributed by atoms with E-state index in [-0.39, 0.29) is 11.7 Å². The van der Waals surface area contributed by atoms with Gasteiger partial charge in [0, 0.05) is 17.6 Å². The van der Waals surface area contributed by atoms with Crippen LogP contribution in [0, 0.1) is 0 Å². The Morgan fingerprint density at radius 3 is 2.40 bits per heavy atom. The van der Waals surface area contributed by atoms with Crippen LogP contribution in [-0.2, 0) is 10.0 Å². The molecule has 0 bridgehead atoms. The number of hydrogen-bond acceptors (Lipinski definition) is 4. The Morgan fingerprint density at radius 2 is 1.84 bits per heavy atom. The molecule has 0 saturated heterocycles. The molecule has 0 atom stereocenters. The van der Waals surface area contributed by atoms with E-state index >= 15 is 0 Å². The van der Waals surface area contributed by atoms with Crippen LogP contribution in [0.25, 0.3) is 0 Å². The Balaban J connectivity index is 2.20. The lowest BCUT2D eigenvalue weighted by Crippen LogP contribution is -2.28. The van der Waals surface area contributed by atoms with Crippen LogP contribution in [-0.4, -0.2) is 34.2 Å². The maximum absolute atomic E-state index is 12.4. The van der Waals surface area contributed by atoms with Crippen LogP contribution in [0.15, 0.2) is 42.5 Å². The predicted octanol–water partition coefficient (Wildman–Crippen LogP) is 3.39. The molecule has 1 amide bonds. The number of hydrogen-bond donors (Lipinski definition) is 1. The molecule has 0 heterocycles. The predicted molar refractivity (Wildman–Crippen MR) is 100 cm³/mol. The van der Waals surface area contributed by atoms with E-state index in [1.807, 2.05) is 0 Å². The van der Waals surface area contributed by atoms with Gasteiger partial charge in [0.1, 0.15) is 5.75 Å². The number of rotatable bonds is 6. The summed E-state index contributed by atoms with van der Waals surface area (Å²) in [7, 11) is -0.370. The molecule has 0 aliphatic rings. The smallest absolute Gasteiger partial charge is 0.255 e. The molecule has 0 aliphatic carbocycles. The van der Waals surface area contributed by atoms with Crippen LogP contribution < -0.4 is 14.4 Å². The first-order chi connectivity index (χ1) is 11.8. The molecular weight excluding hydrogens is 364 g/mol. The van der Waals surface area contributed by atoms with Gasteiger partial charge in [0.05, 0.1) is 24.2 Å². The van der Waals surface area contributed by atoms with Crippen molar-refractivity contribution < 1.29 is 17.9 Å². The van der Waals surface area contributed by atoms with E-state index in [0.717, 1.165) is 0 Å². The number of methoxy groups -OCH3 is 1. The van der Waals surface area contributed by atoms with Crippen LogP contribution in [0.1, 0.15) is 17.3 Å². The lowest BCUT2D eigenvalue weighted by molar-refractivity contribution is 0.102. The average Bonchev–Trinajstić information content (AvgIpc) is 2.61. The monoisotopic (exact) mass is 382 g/mol. The third-order valence-electron chi connectivity index (χ3n) is 3.68. The Hall–Kier alpha value is -2.25. The fraction of sp³-hybridized carbons (Fsp3) is 0.235. The van der Waals surface area contributed by atoms with E-state index in [4.69, 9.17) is 16.3 Å². The molecule has 2 aromatic carbocycles. The maximum atomic E-state index is 12.4. The molecule has 0 aliphatic heterocycles. The summed E-state index contributed by atoms with van der Waals surface area (Å²) < 4.78 is 30.1. The summed E-state index contributed by atoms with van der Waals surface area (Å²) in [6.45, 7) is 1.58. The quantitative estimate of drug-likeness (QED) is 0.830. The Bertz CT molecular complexity index is 867. The van der Waals surface area contributed by atoms with Gasteiger partial charge in [0.25, 0.3) is 5.91 Å². The van der Waals surface area contributed by atoms with E-state index in [0.29, 0.717) is 27.7 Å². The van der Waals surface area contributed by atoms with E-state index in [1.165, 1.54) is 18.5 Å². The third-order valence-corrected chi connectivity index (χ3v) is 5.69. The van der Waals surface area contributed by atoms with Gasteiger partial charge in [-0.3, -0.25) is 9.10 Å². The first kappa shape index (κ1) is 19.1. The number of halogens is 1. The van der Waals surface area contributed by atoms with Crippen molar-refractivity contribution in [3.05, 3.63) is 53.1 Å². The summed E-state index contributed by atoms with van der Waals surface area (Å²) >= 11 is 5.95. The number of benzene rings is 2. The normalized spacial score (nSPS) is 11.0. The number of anilines is 2. The zero-order valence-corrected chi connectivity index (χ0v) is 15.7. The zero-order chi connectivity index (χ0) is 18.6. The van der Waals surface area contributed by atoms with Crippen molar-refractivity contribution in [2.75, 3.05) is 29.5 Å². The molecule has 134 valence electrons. The van der Waals surface area contributed by atoms with Crippen LogP contribution >= 0.6 is 11.6 Å². The number of amides is 1. The van der Waals surface area contributed by atoms with Gasteiger partial charge >= 0.3 is 0 Å². The van der Waals surface area contributed by atoms with Gasteiger partial charge in [0.15, 0.2) is 0 Å². The van der Waals surface area contributed by atoms with Crippen molar-refractivity contribution in [2.24, 2.45) is 0 Å². The highest BCUT2D eigenvalue weighted by molar-refractivity contribution is 7.92. The molecule has 25 heavy (non-hydrogen) atoms. The summed E-state index contributed by atoms with van der Waals surface area (Å²) in [5, 5.41) is 3.20. The van der Waals surface area contributed by atoms with Crippen LogP contribution in [0.4, 0.5) is 11.4 Å². The van der Waals surface area contributed by atoms with Gasteiger partial charge in [-0.25, -0.2) is 8.42 Å². The highest BCUT2D eigenvalue weighted by Crippen LogP contribution is 2.28. The zero-order valence-electron chi connectivity index (χ0n) is 14.1. The lowest BCUT2D eigenvalue weighted by atomic mass is 10.2. The lowest BCUT2D eigenvalue weighted by Gasteiger charge is -2.18. The standard InChI is InChI=1S/C17H19ClN2O4S/c1-4-25(22,23)20(2)14-8-5-12(6-9-14)17(21)19-15-11-13(18)7-10-16(15)24-3/h5-11H,4H2,1-3H3,(H,19,21). The van der Waals surface area contributed by atoms with E-state index in [1.54, 1.807) is 49.4 Å². The second kappa shape index (κ2) is 7.76. The van der Waals surface area contributed by atoms with Crippen molar-refractivity contribution in [1.82, 2.24) is 0 Å². The van der Waals surface area contributed by atoms with Gasteiger partial charge in [-0.2, -0.15) is 0 Å². The van der Waals surface area contributed by atoms with Gasteiger partial charge in [-0.15, -0.1) is 0 Å².